The summed E-state index contributed by atoms with van der Waals surface area (Å²) in [5, 5.41) is 6.64. The van der Waals surface area contributed by atoms with Crippen LogP contribution in [0.5, 0.6) is 0 Å². The van der Waals surface area contributed by atoms with E-state index in [2.05, 4.69) is 15.5 Å². The van der Waals surface area contributed by atoms with E-state index in [1.54, 1.807) is 0 Å². The molecule has 1 aromatic carbocycles. The Morgan fingerprint density at radius 1 is 1.14 bits per heavy atom. The van der Waals surface area contributed by atoms with E-state index < -0.39 is 0 Å². The second-order valence-corrected chi connectivity index (χ2v) is 8.02. The molecule has 2 amide bonds. The number of amides is 2. The van der Waals surface area contributed by atoms with Gasteiger partial charge in [-0.2, -0.15) is 0 Å². The van der Waals surface area contributed by atoms with Gasteiger partial charge in [-0.05, 0) is 58.0 Å². The summed E-state index contributed by atoms with van der Waals surface area (Å²) >= 11 is 6.43. The summed E-state index contributed by atoms with van der Waals surface area (Å²) in [4.78, 5) is 28.7. The Bertz CT molecular complexity index is 647. The Balaban J connectivity index is 1.93. The third kappa shape index (κ3) is 7.08. The van der Waals surface area contributed by atoms with Crippen LogP contribution in [-0.2, 0) is 9.59 Å². The van der Waals surface area contributed by atoms with Crippen LogP contribution < -0.4 is 10.6 Å². The van der Waals surface area contributed by atoms with Crippen molar-refractivity contribution < 1.29 is 9.59 Å². The predicted molar refractivity (Wildman–Crippen MR) is 113 cm³/mol. The molecule has 0 spiro atoms. The molecule has 1 atom stereocenters. The number of nitrogens with zero attached hydrogens (tertiary/aromatic N) is 2. The molecular formula is C21H33ClN4O2. The lowest BCUT2D eigenvalue weighted by molar-refractivity contribution is -0.125. The molecule has 0 aliphatic carbocycles. The summed E-state index contributed by atoms with van der Waals surface area (Å²) in [7, 11) is 0. The first-order valence-electron chi connectivity index (χ1n) is 10.2. The van der Waals surface area contributed by atoms with Crippen LogP contribution in [0.15, 0.2) is 24.3 Å². The van der Waals surface area contributed by atoms with Crippen LogP contribution in [0.3, 0.4) is 0 Å². The number of carbonyl (C=O) groups is 2. The highest BCUT2D eigenvalue weighted by molar-refractivity contribution is 6.31. The smallest absolute Gasteiger partial charge is 0.234 e. The van der Waals surface area contributed by atoms with E-state index in [-0.39, 0.29) is 37.0 Å². The van der Waals surface area contributed by atoms with Crippen molar-refractivity contribution in [1.29, 1.82) is 0 Å². The quantitative estimate of drug-likeness (QED) is 0.624. The maximum Gasteiger partial charge on any atom is 0.234 e. The molecule has 0 radical (unpaired) electrons. The van der Waals surface area contributed by atoms with Gasteiger partial charge in [0.2, 0.25) is 11.8 Å². The summed E-state index contributed by atoms with van der Waals surface area (Å²) in [6.45, 7) is 9.41. The average molecular weight is 409 g/mol. The monoisotopic (exact) mass is 408 g/mol. The van der Waals surface area contributed by atoms with Crippen molar-refractivity contribution in [3.8, 4) is 0 Å². The highest BCUT2D eigenvalue weighted by atomic mass is 35.5. The molecule has 1 fully saturated rings. The van der Waals surface area contributed by atoms with Gasteiger partial charge in [0.1, 0.15) is 0 Å². The van der Waals surface area contributed by atoms with Crippen molar-refractivity contribution in [2.75, 3.05) is 39.3 Å². The lowest BCUT2D eigenvalue weighted by Gasteiger charge is -2.29. The van der Waals surface area contributed by atoms with Gasteiger partial charge in [0, 0.05) is 17.6 Å². The van der Waals surface area contributed by atoms with Crippen LogP contribution in [-0.4, -0.2) is 66.9 Å². The summed E-state index contributed by atoms with van der Waals surface area (Å²) in [6.07, 6.45) is 2.34. The summed E-state index contributed by atoms with van der Waals surface area (Å²) in [5.74, 6) is -0.133. The molecule has 1 aliphatic heterocycles. The van der Waals surface area contributed by atoms with E-state index in [1.165, 1.54) is 12.8 Å². The molecule has 1 saturated heterocycles. The Labute approximate surface area is 173 Å². The van der Waals surface area contributed by atoms with Crippen LogP contribution in [0.2, 0.25) is 5.02 Å². The van der Waals surface area contributed by atoms with E-state index in [0.29, 0.717) is 13.1 Å². The third-order valence-electron chi connectivity index (χ3n) is 4.97. The Morgan fingerprint density at radius 3 is 2.39 bits per heavy atom. The lowest BCUT2D eigenvalue weighted by Crippen LogP contribution is -2.45. The van der Waals surface area contributed by atoms with Gasteiger partial charge in [-0.15, -0.1) is 0 Å². The second kappa shape index (κ2) is 11.4. The number of benzene rings is 1. The second-order valence-electron chi connectivity index (χ2n) is 7.61. The maximum atomic E-state index is 12.5. The molecule has 0 aromatic heterocycles. The number of carbonyl (C=O) groups excluding carboxylic acids is 2. The van der Waals surface area contributed by atoms with Crippen molar-refractivity contribution in [3.63, 3.8) is 0 Å². The third-order valence-corrected chi connectivity index (χ3v) is 5.31. The zero-order chi connectivity index (χ0) is 20.5. The van der Waals surface area contributed by atoms with E-state index in [1.807, 2.05) is 49.9 Å². The largest absolute Gasteiger partial charge is 0.353 e. The molecule has 1 aromatic rings. The van der Waals surface area contributed by atoms with Gasteiger partial charge in [-0.3, -0.25) is 19.4 Å². The molecule has 2 N–H and O–H groups in total. The minimum absolute atomic E-state index is 0.0596. The Morgan fingerprint density at radius 2 is 1.79 bits per heavy atom. The molecule has 7 heteroatoms. The van der Waals surface area contributed by atoms with Crippen LogP contribution in [0, 0.1) is 0 Å². The zero-order valence-electron chi connectivity index (χ0n) is 17.2. The maximum absolute atomic E-state index is 12.5. The number of nitrogens with one attached hydrogen (secondary N) is 2. The molecule has 28 heavy (non-hydrogen) atoms. The fourth-order valence-corrected chi connectivity index (χ4v) is 3.82. The van der Waals surface area contributed by atoms with Gasteiger partial charge in [0.25, 0.3) is 0 Å². The number of likely N-dealkylation sites (tertiary alicyclic amines) is 1. The fourth-order valence-electron chi connectivity index (χ4n) is 3.55. The molecule has 0 saturated carbocycles. The first-order chi connectivity index (χ1) is 13.4. The average Bonchev–Trinajstić information content (AvgIpc) is 3.16. The zero-order valence-corrected chi connectivity index (χ0v) is 18.0. The van der Waals surface area contributed by atoms with Gasteiger partial charge in [0.05, 0.1) is 19.1 Å². The Hall–Kier alpha value is -1.63. The summed E-state index contributed by atoms with van der Waals surface area (Å²) < 4.78 is 0. The van der Waals surface area contributed by atoms with Gasteiger partial charge in [0.15, 0.2) is 0 Å². The highest BCUT2D eigenvalue weighted by Crippen LogP contribution is 2.29. The molecular weight excluding hydrogens is 376 g/mol. The SMILES string of the molecule is CCN(CC(=O)NCC(c1ccccc1Cl)N1CCCC1)CC(=O)NC(C)C. The lowest BCUT2D eigenvalue weighted by atomic mass is 10.1. The van der Waals surface area contributed by atoms with Crippen LogP contribution in [0.1, 0.15) is 45.2 Å². The molecule has 156 valence electrons. The van der Waals surface area contributed by atoms with Gasteiger partial charge < -0.3 is 10.6 Å². The summed E-state index contributed by atoms with van der Waals surface area (Å²) in [6, 6.07) is 8.00. The highest BCUT2D eigenvalue weighted by Gasteiger charge is 2.25. The van der Waals surface area contributed by atoms with Crippen molar-refractivity contribution in [2.24, 2.45) is 0 Å². The van der Waals surface area contributed by atoms with Gasteiger partial charge in [-0.25, -0.2) is 0 Å². The first-order valence-corrected chi connectivity index (χ1v) is 10.5. The molecule has 1 unspecified atom stereocenters. The predicted octanol–water partition coefficient (Wildman–Crippen LogP) is 2.44. The minimum atomic E-state index is -0.0737. The molecule has 2 rings (SSSR count). The molecule has 0 bridgehead atoms. The number of likely N-dealkylation sites (N-methyl/N-ethyl adjacent to an activating group) is 1. The Kier molecular flexibility index (Phi) is 9.22. The van der Waals surface area contributed by atoms with Crippen molar-refractivity contribution >= 4 is 23.4 Å². The number of hydrogen-bond donors (Lipinski definition) is 2. The van der Waals surface area contributed by atoms with Crippen LogP contribution >= 0.6 is 11.6 Å². The van der Waals surface area contributed by atoms with Crippen molar-refractivity contribution in [2.45, 2.75) is 45.7 Å². The molecule has 1 aliphatic rings. The summed E-state index contributed by atoms with van der Waals surface area (Å²) in [5.41, 5.74) is 1.05. The van der Waals surface area contributed by atoms with Gasteiger partial charge >= 0.3 is 0 Å². The number of hydrogen-bond acceptors (Lipinski definition) is 4. The van der Waals surface area contributed by atoms with Crippen molar-refractivity contribution in [1.82, 2.24) is 20.4 Å². The van der Waals surface area contributed by atoms with E-state index in [4.69, 9.17) is 11.6 Å². The number of rotatable bonds is 10. The van der Waals surface area contributed by atoms with E-state index in [9.17, 15) is 9.59 Å². The molecule has 1 heterocycles. The fraction of sp³-hybridized carbons (Fsp3) is 0.619. The van der Waals surface area contributed by atoms with E-state index in [0.717, 1.165) is 23.7 Å². The first kappa shape index (κ1) is 22.7. The molecule has 6 nitrogen and oxygen atoms in total. The van der Waals surface area contributed by atoms with Crippen LogP contribution in [0.4, 0.5) is 0 Å². The van der Waals surface area contributed by atoms with Crippen LogP contribution in [0.25, 0.3) is 0 Å². The van der Waals surface area contributed by atoms with Crippen molar-refractivity contribution in [3.05, 3.63) is 34.9 Å². The number of halogens is 1. The van der Waals surface area contributed by atoms with E-state index >= 15 is 0 Å². The topological polar surface area (TPSA) is 64.7 Å². The standard InChI is InChI=1S/C21H33ClN4O2/c1-4-25(15-21(28)24-16(2)3)14-20(27)23-13-19(26-11-7-8-12-26)17-9-5-6-10-18(17)22/h5-6,9-10,16,19H,4,7-8,11-15H2,1-3H3,(H,23,27)(H,24,28). The minimum Gasteiger partial charge on any atom is -0.353 e. The normalized spacial score (nSPS) is 15.8. The van der Waals surface area contributed by atoms with Gasteiger partial charge in [-0.1, -0.05) is 36.7 Å².